The van der Waals surface area contributed by atoms with Gasteiger partial charge in [-0.3, -0.25) is 4.79 Å². The summed E-state index contributed by atoms with van der Waals surface area (Å²) in [7, 11) is 0. The van der Waals surface area contributed by atoms with E-state index in [0.717, 1.165) is 32.1 Å². The Hall–Kier alpha value is -3.08. The largest absolute Gasteiger partial charge is 0.447 e. The number of rotatable bonds is 6. The predicted molar refractivity (Wildman–Crippen MR) is 110 cm³/mol. The van der Waals surface area contributed by atoms with Gasteiger partial charge in [-0.05, 0) is 43.3 Å². The number of amides is 1. The number of alkyl halides is 3. The van der Waals surface area contributed by atoms with Crippen LogP contribution in [0.25, 0.3) is 0 Å². The molecule has 11 heteroatoms. The lowest BCUT2D eigenvalue weighted by Gasteiger charge is -2.20. The van der Waals surface area contributed by atoms with Crippen LogP contribution in [-0.2, 0) is 0 Å². The fourth-order valence-corrected chi connectivity index (χ4v) is 3.46. The molecule has 7 nitrogen and oxygen atoms in total. The Kier molecular flexibility index (Phi) is 6.60. The van der Waals surface area contributed by atoms with Crippen LogP contribution in [0.4, 0.5) is 24.7 Å². The quantitative estimate of drug-likeness (QED) is 0.470. The van der Waals surface area contributed by atoms with E-state index in [0.29, 0.717) is 11.4 Å². The number of nitrogens with zero attached hydrogens (tertiary/aromatic N) is 3. The van der Waals surface area contributed by atoms with Gasteiger partial charge in [0.1, 0.15) is 10.8 Å². The number of hydrogen-bond acceptors (Lipinski definition) is 7. The molecule has 1 saturated heterocycles. The van der Waals surface area contributed by atoms with Gasteiger partial charge in [-0.1, -0.05) is 0 Å². The lowest BCUT2D eigenvalue weighted by molar-refractivity contribution is -0.0329. The second kappa shape index (κ2) is 9.16. The maximum absolute atomic E-state index is 12.6. The first-order valence-electron chi connectivity index (χ1n) is 9.02. The molecule has 3 heterocycles. The second-order valence-electron chi connectivity index (χ2n) is 6.45. The van der Waals surface area contributed by atoms with Gasteiger partial charge >= 0.3 is 5.51 Å². The number of nitrogens with two attached hydrogens (primary N) is 1. The minimum absolute atomic E-state index is 0.122. The molecule has 0 aliphatic carbocycles. The van der Waals surface area contributed by atoms with Crippen LogP contribution in [0.15, 0.2) is 47.9 Å². The summed E-state index contributed by atoms with van der Waals surface area (Å²) in [6.07, 6.45) is 7.28. The van der Waals surface area contributed by atoms with Crippen molar-refractivity contribution >= 4 is 34.9 Å². The summed E-state index contributed by atoms with van der Waals surface area (Å²) in [5, 5.41) is 10.6. The van der Waals surface area contributed by atoms with Gasteiger partial charge in [0.05, 0.1) is 23.2 Å². The van der Waals surface area contributed by atoms with Gasteiger partial charge in [0.25, 0.3) is 5.91 Å². The molecule has 0 spiro atoms. The molecule has 0 unspecified atom stereocenters. The Morgan fingerprint density at radius 2 is 1.97 bits per heavy atom. The fourth-order valence-electron chi connectivity index (χ4n) is 2.98. The van der Waals surface area contributed by atoms with Gasteiger partial charge < -0.3 is 21.4 Å². The fraction of sp³-hybridized carbons (Fsp3) is 0.263. The van der Waals surface area contributed by atoms with E-state index < -0.39 is 11.4 Å². The monoisotopic (exact) mass is 436 g/mol. The lowest BCUT2D eigenvalue weighted by atomic mass is 10.1. The molecule has 2 aromatic rings. The summed E-state index contributed by atoms with van der Waals surface area (Å²) in [6, 6.07) is 4.07. The molecule has 1 amide bonds. The Labute approximate surface area is 175 Å². The third kappa shape index (κ3) is 5.50. The third-order valence-corrected chi connectivity index (χ3v) is 4.98. The first kappa shape index (κ1) is 21.6. The molecular weight excluding hydrogens is 417 g/mol. The molecule has 2 aromatic heterocycles. The van der Waals surface area contributed by atoms with E-state index >= 15 is 0 Å². The molecule has 0 radical (unpaired) electrons. The highest BCUT2D eigenvalue weighted by atomic mass is 32.2. The van der Waals surface area contributed by atoms with Gasteiger partial charge in [-0.25, -0.2) is 9.97 Å². The van der Waals surface area contributed by atoms with Gasteiger partial charge in [0.2, 0.25) is 0 Å². The van der Waals surface area contributed by atoms with Crippen LogP contribution in [0.3, 0.4) is 0 Å². The number of carbonyl (C=O) groups is 1. The Bertz CT molecular complexity index is 956. The van der Waals surface area contributed by atoms with E-state index in [4.69, 9.17) is 11.1 Å². The van der Waals surface area contributed by atoms with E-state index in [9.17, 15) is 18.0 Å². The molecule has 0 atom stereocenters. The number of pyridine rings is 2. The molecule has 1 aliphatic heterocycles. The number of allylic oxidation sites excluding steroid dienone is 1. The summed E-state index contributed by atoms with van der Waals surface area (Å²) in [5.41, 5.74) is 2.02. The summed E-state index contributed by atoms with van der Waals surface area (Å²) in [6.45, 7) is 1.64. The average molecular weight is 436 g/mol. The SMILES string of the molecule is N=C(C=CN)c1cc(C(=O)Nc2ccc(SC(F)(F)F)nc2)cnc1N1CCCC1. The van der Waals surface area contributed by atoms with Gasteiger partial charge in [-0.15, -0.1) is 0 Å². The normalized spacial score (nSPS) is 14.3. The van der Waals surface area contributed by atoms with Crippen molar-refractivity contribution in [2.45, 2.75) is 23.4 Å². The first-order valence-corrected chi connectivity index (χ1v) is 9.84. The standard InChI is InChI=1S/C19H19F3N6OS/c20-19(21,22)30-16-4-3-13(11-25-16)27-18(29)12-9-14(15(24)5-6-23)17(26-10-12)28-7-1-2-8-28/h3-6,9-11,24H,1-2,7-8,23H2,(H,27,29). The minimum atomic E-state index is -4.43. The van der Waals surface area contributed by atoms with Crippen molar-refractivity contribution in [2.24, 2.45) is 5.73 Å². The van der Waals surface area contributed by atoms with Crippen LogP contribution in [0, 0.1) is 5.41 Å². The van der Waals surface area contributed by atoms with E-state index in [1.165, 1.54) is 30.6 Å². The minimum Gasteiger partial charge on any atom is -0.405 e. The highest BCUT2D eigenvalue weighted by Crippen LogP contribution is 2.35. The summed E-state index contributed by atoms with van der Waals surface area (Å²) in [5.74, 6) is 0.0987. The zero-order chi connectivity index (χ0) is 21.7. The van der Waals surface area contributed by atoms with Crippen LogP contribution in [-0.4, -0.2) is 40.2 Å². The zero-order valence-electron chi connectivity index (χ0n) is 15.7. The van der Waals surface area contributed by atoms with E-state index in [-0.39, 0.29) is 33.8 Å². The summed E-state index contributed by atoms with van der Waals surface area (Å²) in [4.78, 5) is 22.7. The Balaban J connectivity index is 1.80. The van der Waals surface area contributed by atoms with Crippen LogP contribution in [0.5, 0.6) is 0 Å². The van der Waals surface area contributed by atoms with Gasteiger partial charge in [-0.2, -0.15) is 13.2 Å². The van der Waals surface area contributed by atoms with Crippen molar-refractivity contribution in [3.05, 3.63) is 54.0 Å². The molecule has 0 saturated carbocycles. The lowest BCUT2D eigenvalue weighted by Crippen LogP contribution is -2.23. The molecule has 0 aromatic carbocycles. The average Bonchev–Trinajstić information content (AvgIpc) is 3.22. The third-order valence-electron chi connectivity index (χ3n) is 4.30. The Morgan fingerprint density at radius 1 is 1.23 bits per heavy atom. The number of halogens is 3. The zero-order valence-corrected chi connectivity index (χ0v) is 16.6. The van der Waals surface area contributed by atoms with Gasteiger partial charge in [0.15, 0.2) is 0 Å². The van der Waals surface area contributed by atoms with Crippen LogP contribution < -0.4 is 16.0 Å². The number of nitrogens with one attached hydrogen (secondary N) is 2. The van der Waals surface area contributed by atoms with Crippen molar-refractivity contribution in [3.63, 3.8) is 0 Å². The maximum Gasteiger partial charge on any atom is 0.447 e. The molecule has 1 fully saturated rings. The van der Waals surface area contributed by atoms with Crippen molar-refractivity contribution < 1.29 is 18.0 Å². The molecule has 1 aliphatic rings. The highest BCUT2D eigenvalue weighted by molar-refractivity contribution is 8.00. The van der Waals surface area contributed by atoms with Crippen molar-refractivity contribution in [1.82, 2.24) is 9.97 Å². The topological polar surface area (TPSA) is 108 Å². The van der Waals surface area contributed by atoms with Gasteiger partial charge in [0, 0.05) is 36.6 Å². The molecule has 158 valence electrons. The van der Waals surface area contributed by atoms with E-state index in [1.54, 1.807) is 6.07 Å². The van der Waals surface area contributed by atoms with E-state index in [2.05, 4.69) is 20.2 Å². The smallest absolute Gasteiger partial charge is 0.405 e. The summed E-state index contributed by atoms with van der Waals surface area (Å²) < 4.78 is 37.2. The number of aromatic nitrogens is 2. The highest BCUT2D eigenvalue weighted by Gasteiger charge is 2.30. The van der Waals surface area contributed by atoms with Crippen molar-refractivity contribution in [2.75, 3.05) is 23.3 Å². The molecule has 4 N–H and O–H groups in total. The molecule has 0 bridgehead atoms. The maximum atomic E-state index is 12.6. The van der Waals surface area contributed by atoms with Crippen LogP contribution >= 0.6 is 11.8 Å². The van der Waals surface area contributed by atoms with E-state index in [1.807, 2.05) is 0 Å². The van der Waals surface area contributed by atoms with Crippen molar-refractivity contribution in [3.8, 4) is 0 Å². The van der Waals surface area contributed by atoms with Crippen LogP contribution in [0.1, 0.15) is 28.8 Å². The number of anilines is 2. The molecular formula is C19H19F3N6OS. The number of carbonyl (C=O) groups excluding carboxylic acids is 1. The van der Waals surface area contributed by atoms with Crippen molar-refractivity contribution in [1.29, 1.82) is 5.41 Å². The first-order chi connectivity index (χ1) is 14.3. The number of hydrogen-bond donors (Lipinski definition) is 3. The molecule has 30 heavy (non-hydrogen) atoms. The second-order valence-corrected chi connectivity index (χ2v) is 7.53. The molecule has 3 rings (SSSR count). The summed E-state index contributed by atoms with van der Waals surface area (Å²) >= 11 is -0.331. The predicted octanol–water partition coefficient (Wildman–Crippen LogP) is 3.78. The Morgan fingerprint density at radius 3 is 2.57 bits per heavy atom. The van der Waals surface area contributed by atoms with Crippen LogP contribution in [0.2, 0.25) is 0 Å². The number of thioether (sulfide) groups is 1.